The van der Waals surface area contributed by atoms with Crippen LogP contribution in [0, 0.1) is 3.57 Å². The van der Waals surface area contributed by atoms with Gasteiger partial charge in [-0.15, -0.1) is 13.2 Å². The van der Waals surface area contributed by atoms with Gasteiger partial charge in [-0.1, -0.05) is 12.1 Å². The zero-order chi connectivity index (χ0) is 13.2. The first-order valence-electron chi connectivity index (χ1n) is 4.93. The molecule has 18 heavy (non-hydrogen) atoms. The summed E-state index contributed by atoms with van der Waals surface area (Å²) in [6, 6.07) is 9.44. The van der Waals surface area contributed by atoms with E-state index in [9.17, 15) is 13.2 Å². The molecule has 0 aliphatic heterocycles. The number of nitrogens with zero attached hydrogens (tertiary/aromatic N) is 1. The lowest BCUT2D eigenvalue weighted by Gasteiger charge is -2.13. The van der Waals surface area contributed by atoms with Gasteiger partial charge in [-0.25, -0.2) is 0 Å². The summed E-state index contributed by atoms with van der Waals surface area (Å²) in [5.74, 6) is -0.249. The van der Waals surface area contributed by atoms with Gasteiger partial charge in [0.1, 0.15) is 5.75 Å². The Bertz CT molecular complexity index is 557. The number of rotatable bonds is 2. The lowest BCUT2D eigenvalue weighted by atomic mass is 10.1. The molecule has 0 aliphatic rings. The molecule has 2 nitrogen and oxygen atoms in total. The normalized spacial score (nSPS) is 11.3. The third-order valence-corrected chi connectivity index (χ3v) is 3.00. The molecule has 0 amide bonds. The summed E-state index contributed by atoms with van der Waals surface area (Å²) in [5.41, 5.74) is 0.790. The third-order valence-electron chi connectivity index (χ3n) is 2.13. The number of hydrogen-bond donors (Lipinski definition) is 0. The first-order chi connectivity index (χ1) is 8.47. The fourth-order valence-corrected chi connectivity index (χ4v) is 2.10. The van der Waals surface area contributed by atoms with E-state index >= 15 is 0 Å². The molecule has 6 heteroatoms. The van der Waals surface area contributed by atoms with Crippen molar-refractivity contribution in [1.29, 1.82) is 0 Å². The number of hydrogen-bond acceptors (Lipinski definition) is 2. The summed E-state index contributed by atoms with van der Waals surface area (Å²) >= 11 is 2.02. The Morgan fingerprint density at radius 3 is 2.44 bits per heavy atom. The largest absolute Gasteiger partial charge is 0.573 e. The quantitative estimate of drug-likeness (QED) is 0.743. The van der Waals surface area contributed by atoms with E-state index in [0.29, 0.717) is 11.3 Å². The maximum atomic E-state index is 12.3. The van der Waals surface area contributed by atoms with Gasteiger partial charge in [-0.05, 0) is 46.9 Å². The summed E-state index contributed by atoms with van der Waals surface area (Å²) in [7, 11) is 0. The van der Waals surface area contributed by atoms with Crippen molar-refractivity contribution in [3.8, 4) is 17.0 Å². The highest BCUT2D eigenvalue weighted by Crippen LogP contribution is 2.34. The Morgan fingerprint density at radius 2 is 1.78 bits per heavy atom. The SMILES string of the molecule is FC(F)(F)Oc1ccccc1-c1ncccc1I. The van der Waals surface area contributed by atoms with Crippen LogP contribution in [-0.2, 0) is 0 Å². The van der Waals surface area contributed by atoms with Gasteiger partial charge in [-0.3, -0.25) is 4.98 Å². The van der Waals surface area contributed by atoms with Gasteiger partial charge in [0.2, 0.25) is 0 Å². The first kappa shape index (κ1) is 13.1. The average Bonchev–Trinajstić information content (AvgIpc) is 2.29. The summed E-state index contributed by atoms with van der Waals surface area (Å²) in [5, 5.41) is 0. The van der Waals surface area contributed by atoms with Crippen LogP contribution in [0.5, 0.6) is 5.75 Å². The fourth-order valence-electron chi connectivity index (χ4n) is 1.46. The molecule has 0 saturated heterocycles. The van der Waals surface area contributed by atoms with Gasteiger partial charge in [0.25, 0.3) is 0 Å². The Morgan fingerprint density at radius 1 is 1.06 bits per heavy atom. The monoisotopic (exact) mass is 365 g/mol. The van der Waals surface area contributed by atoms with E-state index in [4.69, 9.17) is 0 Å². The topological polar surface area (TPSA) is 22.1 Å². The number of pyridine rings is 1. The lowest BCUT2D eigenvalue weighted by Crippen LogP contribution is -2.17. The van der Waals surface area contributed by atoms with Crippen LogP contribution in [0.15, 0.2) is 42.6 Å². The van der Waals surface area contributed by atoms with Crippen LogP contribution in [0.4, 0.5) is 13.2 Å². The van der Waals surface area contributed by atoms with Crippen molar-refractivity contribution in [1.82, 2.24) is 4.98 Å². The minimum absolute atomic E-state index is 0.249. The number of ether oxygens (including phenoxy) is 1. The van der Waals surface area contributed by atoms with Crippen molar-refractivity contribution in [3.63, 3.8) is 0 Å². The minimum atomic E-state index is -4.71. The van der Waals surface area contributed by atoms with E-state index in [0.717, 1.165) is 3.57 Å². The van der Waals surface area contributed by atoms with Crippen molar-refractivity contribution in [3.05, 3.63) is 46.2 Å². The molecule has 1 heterocycles. The predicted octanol–water partition coefficient (Wildman–Crippen LogP) is 4.25. The lowest BCUT2D eigenvalue weighted by molar-refractivity contribution is -0.274. The van der Waals surface area contributed by atoms with Crippen molar-refractivity contribution in [2.45, 2.75) is 6.36 Å². The molecule has 2 rings (SSSR count). The zero-order valence-corrected chi connectivity index (χ0v) is 11.1. The van der Waals surface area contributed by atoms with Crippen molar-refractivity contribution < 1.29 is 17.9 Å². The minimum Gasteiger partial charge on any atom is -0.405 e. The van der Waals surface area contributed by atoms with Crippen molar-refractivity contribution >= 4 is 22.6 Å². The molecular weight excluding hydrogens is 358 g/mol. The van der Waals surface area contributed by atoms with Crippen LogP contribution < -0.4 is 4.74 Å². The molecule has 1 aromatic heterocycles. The number of para-hydroxylation sites is 1. The van der Waals surface area contributed by atoms with E-state index < -0.39 is 6.36 Å². The molecule has 0 radical (unpaired) electrons. The van der Waals surface area contributed by atoms with E-state index in [1.807, 2.05) is 22.6 Å². The summed E-state index contributed by atoms with van der Waals surface area (Å²) < 4.78 is 41.6. The summed E-state index contributed by atoms with van der Waals surface area (Å²) in [4.78, 5) is 4.08. The smallest absolute Gasteiger partial charge is 0.405 e. The number of benzene rings is 1. The van der Waals surface area contributed by atoms with Crippen LogP contribution in [0.2, 0.25) is 0 Å². The van der Waals surface area contributed by atoms with E-state index in [1.165, 1.54) is 18.3 Å². The maximum absolute atomic E-state index is 12.3. The van der Waals surface area contributed by atoms with Crippen LogP contribution >= 0.6 is 22.6 Å². The molecule has 0 atom stereocenters. The number of halogens is 4. The highest BCUT2D eigenvalue weighted by atomic mass is 127. The molecule has 1 aromatic carbocycles. The molecule has 0 spiro atoms. The third kappa shape index (κ3) is 3.12. The van der Waals surface area contributed by atoms with Gasteiger partial charge in [0.05, 0.1) is 5.69 Å². The molecule has 0 fully saturated rings. The fraction of sp³-hybridized carbons (Fsp3) is 0.0833. The second-order valence-electron chi connectivity index (χ2n) is 3.38. The summed E-state index contributed by atoms with van der Waals surface area (Å²) in [6.45, 7) is 0. The molecule has 94 valence electrons. The van der Waals surface area contributed by atoms with Crippen molar-refractivity contribution in [2.24, 2.45) is 0 Å². The molecule has 0 saturated carbocycles. The van der Waals surface area contributed by atoms with Crippen LogP contribution in [0.1, 0.15) is 0 Å². The van der Waals surface area contributed by atoms with Crippen LogP contribution in [0.25, 0.3) is 11.3 Å². The molecular formula is C12H7F3INO. The van der Waals surface area contributed by atoms with Crippen LogP contribution in [0.3, 0.4) is 0 Å². The van der Waals surface area contributed by atoms with Gasteiger partial charge >= 0.3 is 6.36 Å². The first-order valence-corrected chi connectivity index (χ1v) is 6.01. The second-order valence-corrected chi connectivity index (χ2v) is 4.54. The molecule has 2 aromatic rings. The van der Waals surface area contributed by atoms with Gasteiger partial charge in [-0.2, -0.15) is 0 Å². The zero-order valence-electron chi connectivity index (χ0n) is 8.91. The van der Waals surface area contributed by atoms with Gasteiger partial charge < -0.3 is 4.74 Å². The van der Waals surface area contributed by atoms with E-state index in [1.54, 1.807) is 24.3 Å². The van der Waals surface area contributed by atoms with Crippen molar-refractivity contribution in [2.75, 3.05) is 0 Å². The van der Waals surface area contributed by atoms with E-state index in [-0.39, 0.29) is 5.75 Å². The second kappa shape index (κ2) is 5.13. The Hall–Kier alpha value is -1.31. The van der Waals surface area contributed by atoms with Gasteiger partial charge in [0, 0.05) is 15.3 Å². The van der Waals surface area contributed by atoms with E-state index in [2.05, 4.69) is 9.72 Å². The number of alkyl halides is 3. The molecule has 0 aliphatic carbocycles. The highest BCUT2D eigenvalue weighted by Gasteiger charge is 2.32. The highest BCUT2D eigenvalue weighted by molar-refractivity contribution is 14.1. The standard InChI is InChI=1S/C12H7F3INO/c13-12(14,15)18-10-6-2-1-4-8(10)11-9(16)5-3-7-17-11/h1-7H. The molecule has 0 bridgehead atoms. The van der Waals surface area contributed by atoms with Gasteiger partial charge in [0.15, 0.2) is 0 Å². The van der Waals surface area contributed by atoms with Crippen LogP contribution in [-0.4, -0.2) is 11.3 Å². The molecule has 0 N–H and O–H groups in total. The average molecular weight is 365 g/mol. The Labute approximate surface area is 115 Å². The maximum Gasteiger partial charge on any atom is 0.573 e. The molecule has 0 unspecified atom stereocenters. The Balaban J connectivity index is 2.49. The predicted molar refractivity (Wildman–Crippen MR) is 69.1 cm³/mol. The number of aromatic nitrogens is 1. The Kier molecular flexibility index (Phi) is 3.74. The summed E-state index contributed by atoms with van der Waals surface area (Å²) in [6.07, 6.45) is -3.18.